The highest BCUT2D eigenvalue weighted by Crippen LogP contribution is 2.15. The Kier molecular flexibility index (Phi) is 6.54. The van der Waals surface area contributed by atoms with Crippen molar-refractivity contribution in [2.75, 3.05) is 25.1 Å². The van der Waals surface area contributed by atoms with Crippen LogP contribution in [0.5, 0.6) is 0 Å². The number of amides is 2. The molecule has 2 atom stereocenters. The maximum atomic E-state index is 12.2. The molecule has 1 saturated heterocycles. The minimum atomic E-state index is -0.322. The van der Waals surface area contributed by atoms with Crippen LogP contribution >= 0.6 is 11.8 Å². The lowest BCUT2D eigenvalue weighted by Gasteiger charge is -2.35. The van der Waals surface area contributed by atoms with Crippen molar-refractivity contribution in [3.05, 3.63) is 0 Å². The molecule has 0 aliphatic carbocycles. The first kappa shape index (κ1) is 15.3. The molecule has 0 aromatic rings. The summed E-state index contributed by atoms with van der Waals surface area (Å²) in [5, 5.41) is 2.81. The summed E-state index contributed by atoms with van der Waals surface area (Å²) in [6, 6.07) is -0.322. The van der Waals surface area contributed by atoms with Gasteiger partial charge in [-0.2, -0.15) is 11.8 Å². The zero-order valence-corrected chi connectivity index (χ0v) is 12.4. The zero-order chi connectivity index (χ0) is 13.5. The summed E-state index contributed by atoms with van der Waals surface area (Å²) in [6.07, 6.45) is 5.06. The van der Waals surface area contributed by atoms with Crippen molar-refractivity contribution >= 4 is 23.6 Å². The van der Waals surface area contributed by atoms with Gasteiger partial charge in [-0.05, 0) is 30.8 Å². The summed E-state index contributed by atoms with van der Waals surface area (Å²) >= 11 is 1.82. The van der Waals surface area contributed by atoms with E-state index in [0.717, 1.165) is 25.0 Å². The SMILES string of the molecule is CCC(C)C1NC(=O)CN(CCCCSC)C1=O. The summed E-state index contributed by atoms with van der Waals surface area (Å²) < 4.78 is 0. The van der Waals surface area contributed by atoms with E-state index >= 15 is 0 Å². The van der Waals surface area contributed by atoms with E-state index in [0.29, 0.717) is 6.54 Å². The molecule has 1 N–H and O–H groups in total. The van der Waals surface area contributed by atoms with E-state index in [1.807, 2.05) is 25.6 Å². The molecule has 1 heterocycles. The van der Waals surface area contributed by atoms with E-state index in [2.05, 4.69) is 11.6 Å². The summed E-state index contributed by atoms with van der Waals surface area (Å²) in [6.45, 7) is 4.99. The Hall–Kier alpha value is -0.710. The number of carbonyl (C=O) groups excluding carboxylic acids is 2. The Morgan fingerprint density at radius 1 is 1.44 bits per heavy atom. The van der Waals surface area contributed by atoms with E-state index in [9.17, 15) is 9.59 Å². The molecule has 104 valence electrons. The molecule has 4 nitrogen and oxygen atoms in total. The van der Waals surface area contributed by atoms with Gasteiger partial charge >= 0.3 is 0 Å². The van der Waals surface area contributed by atoms with Gasteiger partial charge < -0.3 is 10.2 Å². The molecule has 0 aromatic carbocycles. The van der Waals surface area contributed by atoms with E-state index in [4.69, 9.17) is 0 Å². The third-order valence-electron chi connectivity index (χ3n) is 3.47. The van der Waals surface area contributed by atoms with Crippen molar-refractivity contribution in [3.8, 4) is 0 Å². The van der Waals surface area contributed by atoms with Crippen LogP contribution in [0.2, 0.25) is 0 Å². The van der Waals surface area contributed by atoms with Crippen molar-refractivity contribution in [2.45, 2.75) is 39.2 Å². The normalized spacial score (nSPS) is 21.9. The van der Waals surface area contributed by atoms with E-state index in [1.165, 1.54) is 0 Å². The number of nitrogens with zero attached hydrogens (tertiary/aromatic N) is 1. The van der Waals surface area contributed by atoms with Gasteiger partial charge in [0, 0.05) is 6.54 Å². The molecule has 0 aromatic heterocycles. The molecule has 0 radical (unpaired) electrons. The number of hydrogen-bond acceptors (Lipinski definition) is 3. The standard InChI is InChI=1S/C13H24N2O2S/c1-4-10(2)12-13(17)15(9-11(16)14-12)7-5-6-8-18-3/h10,12H,4-9H2,1-3H3,(H,14,16). The maximum absolute atomic E-state index is 12.2. The molecule has 0 spiro atoms. The average molecular weight is 272 g/mol. The van der Waals surface area contributed by atoms with E-state index in [-0.39, 0.29) is 30.3 Å². The highest BCUT2D eigenvalue weighted by molar-refractivity contribution is 7.98. The topological polar surface area (TPSA) is 49.4 Å². The monoisotopic (exact) mass is 272 g/mol. The first-order valence-corrected chi connectivity index (χ1v) is 8.06. The largest absolute Gasteiger partial charge is 0.342 e. The molecular formula is C13H24N2O2S. The number of nitrogens with one attached hydrogen (secondary N) is 1. The lowest BCUT2D eigenvalue weighted by molar-refractivity contribution is -0.145. The Labute approximate surface area is 114 Å². The zero-order valence-electron chi connectivity index (χ0n) is 11.6. The fourth-order valence-corrected chi connectivity index (χ4v) is 2.58. The quantitative estimate of drug-likeness (QED) is 0.715. The third-order valence-corrected chi connectivity index (χ3v) is 4.17. The fraction of sp³-hybridized carbons (Fsp3) is 0.846. The lowest BCUT2D eigenvalue weighted by Crippen LogP contribution is -2.60. The van der Waals surface area contributed by atoms with Crippen molar-refractivity contribution in [3.63, 3.8) is 0 Å². The van der Waals surface area contributed by atoms with Crippen molar-refractivity contribution in [2.24, 2.45) is 5.92 Å². The highest BCUT2D eigenvalue weighted by atomic mass is 32.2. The van der Waals surface area contributed by atoms with Crippen LogP contribution in [0.4, 0.5) is 0 Å². The molecule has 2 amide bonds. The maximum Gasteiger partial charge on any atom is 0.245 e. The number of carbonyl (C=O) groups is 2. The second-order valence-electron chi connectivity index (χ2n) is 4.89. The van der Waals surface area contributed by atoms with Crippen molar-refractivity contribution in [1.29, 1.82) is 0 Å². The number of thioether (sulfide) groups is 1. The smallest absolute Gasteiger partial charge is 0.245 e. The first-order valence-electron chi connectivity index (χ1n) is 6.67. The molecule has 0 bridgehead atoms. The Morgan fingerprint density at radius 2 is 2.17 bits per heavy atom. The Balaban J connectivity index is 2.51. The lowest BCUT2D eigenvalue weighted by atomic mass is 9.96. The van der Waals surface area contributed by atoms with Crippen LogP contribution in [-0.4, -0.2) is 47.9 Å². The van der Waals surface area contributed by atoms with Crippen LogP contribution in [-0.2, 0) is 9.59 Å². The second-order valence-corrected chi connectivity index (χ2v) is 5.88. The number of rotatable bonds is 7. The van der Waals surface area contributed by atoms with Gasteiger partial charge in [-0.1, -0.05) is 20.3 Å². The Morgan fingerprint density at radius 3 is 2.78 bits per heavy atom. The summed E-state index contributed by atoms with van der Waals surface area (Å²) in [7, 11) is 0. The van der Waals surface area contributed by atoms with Gasteiger partial charge in [0.1, 0.15) is 6.04 Å². The molecule has 5 heteroatoms. The van der Waals surface area contributed by atoms with Crippen LogP contribution < -0.4 is 5.32 Å². The number of unbranched alkanes of at least 4 members (excludes halogenated alkanes) is 1. The van der Waals surface area contributed by atoms with Gasteiger partial charge in [0.2, 0.25) is 11.8 Å². The van der Waals surface area contributed by atoms with Crippen molar-refractivity contribution < 1.29 is 9.59 Å². The summed E-state index contributed by atoms with van der Waals surface area (Å²) in [5.41, 5.74) is 0. The first-order chi connectivity index (χ1) is 8.60. The molecule has 18 heavy (non-hydrogen) atoms. The van der Waals surface area contributed by atoms with Gasteiger partial charge in [0.05, 0.1) is 6.54 Å². The predicted octanol–water partition coefficient (Wildman–Crippen LogP) is 1.50. The Bertz CT molecular complexity index is 297. The minimum absolute atomic E-state index is 0.0234. The summed E-state index contributed by atoms with van der Waals surface area (Å²) in [4.78, 5) is 25.6. The molecule has 1 fully saturated rings. The third kappa shape index (κ3) is 4.19. The molecule has 1 rings (SSSR count). The van der Waals surface area contributed by atoms with Crippen LogP contribution in [0.15, 0.2) is 0 Å². The van der Waals surface area contributed by atoms with E-state index in [1.54, 1.807) is 4.90 Å². The molecule has 1 aliphatic rings. The van der Waals surface area contributed by atoms with Crippen LogP contribution in [0.3, 0.4) is 0 Å². The van der Waals surface area contributed by atoms with Gasteiger partial charge in [0.25, 0.3) is 0 Å². The molecular weight excluding hydrogens is 248 g/mol. The van der Waals surface area contributed by atoms with Crippen LogP contribution in [0.25, 0.3) is 0 Å². The fourth-order valence-electron chi connectivity index (χ4n) is 2.09. The molecule has 1 aliphatic heterocycles. The van der Waals surface area contributed by atoms with Crippen molar-refractivity contribution in [1.82, 2.24) is 10.2 Å². The number of piperazine rings is 1. The van der Waals surface area contributed by atoms with Gasteiger partial charge in [-0.25, -0.2) is 0 Å². The molecule has 0 saturated carbocycles. The predicted molar refractivity (Wildman–Crippen MR) is 75.6 cm³/mol. The van der Waals surface area contributed by atoms with E-state index < -0.39 is 0 Å². The van der Waals surface area contributed by atoms with Crippen LogP contribution in [0.1, 0.15) is 33.1 Å². The highest BCUT2D eigenvalue weighted by Gasteiger charge is 2.34. The van der Waals surface area contributed by atoms with Crippen LogP contribution in [0, 0.1) is 5.92 Å². The second kappa shape index (κ2) is 7.67. The number of hydrogen-bond donors (Lipinski definition) is 1. The average Bonchev–Trinajstić information content (AvgIpc) is 2.37. The molecule has 2 unspecified atom stereocenters. The van der Waals surface area contributed by atoms with Gasteiger partial charge in [0.15, 0.2) is 0 Å². The van der Waals surface area contributed by atoms with Gasteiger partial charge in [-0.15, -0.1) is 0 Å². The minimum Gasteiger partial charge on any atom is -0.342 e. The summed E-state index contributed by atoms with van der Waals surface area (Å²) in [5.74, 6) is 1.39. The van der Waals surface area contributed by atoms with Gasteiger partial charge in [-0.3, -0.25) is 9.59 Å².